The number of pyridine rings is 1. The number of hydrogen-bond donors (Lipinski definition) is 1. The van der Waals surface area contributed by atoms with Gasteiger partial charge in [0.05, 0.1) is 25.7 Å². The second kappa shape index (κ2) is 9.23. The van der Waals surface area contributed by atoms with Gasteiger partial charge < -0.3 is 19.2 Å². The third kappa shape index (κ3) is 4.08. The number of esters is 2. The summed E-state index contributed by atoms with van der Waals surface area (Å²) in [6.45, 7) is 3.73. The summed E-state index contributed by atoms with van der Waals surface area (Å²) in [5, 5.41) is 0.711. The van der Waals surface area contributed by atoms with Crippen molar-refractivity contribution in [2.45, 2.75) is 19.8 Å². The van der Waals surface area contributed by atoms with Crippen LogP contribution in [0.1, 0.15) is 30.9 Å². The van der Waals surface area contributed by atoms with Gasteiger partial charge in [0, 0.05) is 18.3 Å². The molecule has 1 aromatic carbocycles. The standard InChI is InChI=1S/C22H24N2O5/c1-4-28-21(25)19(22(26)29-5-2)17(14-9-7-6-8-10-14)15-13-24-20-18(15)16(27-3)11-12-23-20/h6-13,17,19H,4-5H2,1-3H3,(H,23,24). The molecule has 7 heteroatoms. The number of H-pyrrole nitrogens is 1. The largest absolute Gasteiger partial charge is 0.496 e. The van der Waals surface area contributed by atoms with E-state index in [9.17, 15) is 9.59 Å². The molecule has 0 saturated carbocycles. The molecule has 1 N–H and O–H groups in total. The van der Waals surface area contributed by atoms with E-state index >= 15 is 0 Å². The van der Waals surface area contributed by atoms with Gasteiger partial charge >= 0.3 is 11.9 Å². The van der Waals surface area contributed by atoms with E-state index in [-0.39, 0.29) is 13.2 Å². The van der Waals surface area contributed by atoms with Crippen LogP contribution in [-0.4, -0.2) is 42.2 Å². The molecule has 1 atom stereocenters. The molecule has 0 amide bonds. The van der Waals surface area contributed by atoms with Crippen LogP contribution >= 0.6 is 0 Å². The molecule has 29 heavy (non-hydrogen) atoms. The first kappa shape index (κ1) is 20.4. The molecule has 0 saturated heterocycles. The van der Waals surface area contributed by atoms with Gasteiger partial charge in [-0.2, -0.15) is 0 Å². The summed E-state index contributed by atoms with van der Waals surface area (Å²) in [4.78, 5) is 33.2. The third-order valence-corrected chi connectivity index (χ3v) is 4.69. The van der Waals surface area contributed by atoms with Gasteiger partial charge in [0.2, 0.25) is 0 Å². The smallest absolute Gasteiger partial charge is 0.321 e. The first-order valence-electron chi connectivity index (χ1n) is 9.50. The number of nitrogens with one attached hydrogen (secondary N) is 1. The maximum absolute atomic E-state index is 12.9. The first-order valence-corrected chi connectivity index (χ1v) is 9.50. The monoisotopic (exact) mass is 396 g/mol. The minimum Gasteiger partial charge on any atom is -0.496 e. The molecular weight excluding hydrogens is 372 g/mol. The van der Waals surface area contributed by atoms with E-state index in [1.54, 1.807) is 39.4 Å². The topological polar surface area (TPSA) is 90.5 Å². The number of benzene rings is 1. The molecule has 0 aliphatic rings. The van der Waals surface area contributed by atoms with Crippen LogP contribution in [0.2, 0.25) is 0 Å². The average Bonchev–Trinajstić information content (AvgIpc) is 3.16. The second-order valence-corrected chi connectivity index (χ2v) is 6.35. The number of nitrogens with zero attached hydrogens (tertiary/aromatic N) is 1. The van der Waals surface area contributed by atoms with Crippen LogP contribution in [0.3, 0.4) is 0 Å². The average molecular weight is 396 g/mol. The number of rotatable bonds is 8. The summed E-state index contributed by atoms with van der Waals surface area (Å²) in [6.07, 6.45) is 3.39. The Labute approximate surface area is 169 Å². The maximum Gasteiger partial charge on any atom is 0.321 e. The molecular formula is C22H24N2O5. The molecule has 0 bridgehead atoms. The Bertz CT molecular complexity index is 965. The van der Waals surface area contributed by atoms with Crippen LogP contribution in [0.4, 0.5) is 0 Å². The Balaban J connectivity index is 2.25. The summed E-state index contributed by atoms with van der Waals surface area (Å²) in [6, 6.07) is 11.1. The molecule has 2 heterocycles. The van der Waals surface area contributed by atoms with Gasteiger partial charge in [0.25, 0.3) is 0 Å². The fraction of sp³-hybridized carbons (Fsp3) is 0.318. The number of fused-ring (bicyclic) bond motifs is 1. The quantitative estimate of drug-likeness (QED) is 0.463. The number of methoxy groups -OCH3 is 1. The minimum absolute atomic E-state index is 0.162. The summed E-state index contributed by atoms with van der Waals surface area (Å²) in [7, 11) is 1.57. The molecule has 2 aromatic heterocycles. The van der Waals surface area contributed by atoms with Crippen molar-refractivity contribution < 1.29 is 23.8 Å². The molecule has 0 fully saturated rings. The molecule has 0 radical (unpaired) electrons. The number of aromatic amines is 1. The molecule has 3 aromatic rings. The van der Waals surface area contributed by atoms with E-state index in [4.69, 9.17) is 14.2 Å². The summed E-state index contributed by atoms with van der Waals surface area (Å²) in [5.74, 6) is -2.46. The lowest BCUT2D eigenvalue weighted by Gasteiger charge is -2.25. The predicted molar refractivity (Wildman–Crippen MR) is 108 cm³/mol. The highest BCUT2D eigenvalue weighted by atomic mass is 16.6. The Hall–Kier alpha value is -3.35. The van der Waals surface area contributed by atoms with Crippen LogP contribution < -0.4 is 4.74 Å². The van der Waals surface area contributed by atoms with Crippen LogP contribution in [-0.2, 0) is 19.1 Å². The molecule has 3 rings (SSSR count). The Morgan fingerprint density at radius 2 is 1.69 bits per heavy atom. The van der Waals surface area contributed by atoms with E-state index < -0.39 is 23.8 Å². The highest BCUT2D eigenvalue weighted by Crippen LogP contribution is 2.40. The van der Waals surface area contributed by atoms with Crippen LogP contribution in [0.15, 0.2) is 48.8 Å². The van der Waals surface area contributed by atoms with Crippen molar-refractivity contribution in [2.75, 3.05) is 20.3 Å². The highest BCUT2D eigenvalue weighted by Gasteiger charge is 2.41. The van der Waals surface area contributed by atoms with Gasteiger partial charge in [0.15, 0.2) is 5.92 Å². The van der Waals surface area contributed by atoms with Gasteiger partial charge in [-0.3, -0.25) is 9.59 Å². The fourth-order valence-electron chi connectivity index (χ4n) is 3.51. The third-order valence-electron chi connectivity index (χ3n) is 4.69. The zero-order chi connectivity index (χ0) is 20.8. The number of ether oxygens (including phenoxy) is 3. The Kier molecular flexibility index (Phi) is 6.49. The Morgan fingerprint density at radius 3 is 2.28 bits per heavy atom. The number of aromatic nitrogens is 2. The van der Waals surface area contributed by atoms with Gasteiger partial charge in [-0.1, -0.05) is 30.3 Å². The van der Waals surface area contributed by atoms with E-state index in [2.05, 4.69) is 9.97 Å². The lowest BCUT2D eigenvalue weighted by molar-refractivity contribution is -0.162. The van der Waals surface area contributed by atoms with Crippen LogP contribution in [0, 0.1) is 5.92 Å². The normalized spacial score (nSPS) is 12.0. The van der Waals surface area contributed by atoms with E-state index in [1.807, 2.05) is 30.3 Å². The van der Waals surface area contributed by atoms with Gasteiger partial charge in [-0.25, -0.2) is 4.98 Å². The van der Waals surface area contributed by atoms with Crippen molar-refractivity contribution in [2.24, 2.45) is 5.92 Å². The Morgan fingerprint density at radius 1 is 1.03 bits per heavy atom. The molecule has 0 aliphatic carbocycles. The molecule has 1 unspecified atom stereocenters. The number of carbonyl (C=O) groups excluding carboxylic acids is 2. The zero-order valence-electron chi connectivity index (χ0n) is 16.7. The van der Waals surface area contributed by atoms with Crippen molar-refractivity contribution in [1.82, 2.24) is 9.97 Å². The summed E-state index contributed by atoms with van der Waals surface area (Å²) in [5.41, 5.74) is 2.10. The molecule has 0 spiro atoms. The molecule has 0 aliphatic heterocycles. The number of hydrogen-bond acceptors (Lipinski definition) is 6. The second-order valence-electron chi connectivity index (χ2n) is 6.35. The van der Waals surface area contributed by atoms with Crippen molar-refractivity contribution in [3.05, 3.63) is 59.9 Å². The van der Waals surface area contributed by atoms with Crippen LogP contribution in [0.25, 0.3) is 11.0 Å². The van der Waals surface area contributed by atoms with E-state index in [0.29, 0.717) is 22.3 Å². The lowest BCUT2D eigenvalue weighted by Crippen LogP contribution is -2.34. The maximum atomic E-state index is 12.9. The van der Waals surface area contributed by atoms with Crippen molar-refractivity contribution in [1.29, 1.82) is 0 Å². The summed E-state index contributed by atoms with van der Waals surface area (Å²) < 4.78 is 16.0. The molecule has 152 valence electrons. The minimum atomic E-state index is -1.17. The highest BCUT2D eigenvalue weighted by molar-refractivity contribution is 5.98. The van der Waals surface area contributed by atoms with Gasteiger partial charge in [-0.15, -0.1) is 0 Å². The SMILES string of the molecule is CCOC(=O)C(C(=O)OCC)C(c1ccccc1)c1c[nH]c2nccc(OC)c12. The first-order chi connectivity index (χ1) is 14.1. The van der Waals surface area contributed by atoms with Crippen LogP contribution in [0.5, 0.6) is 5.75 Å². The predicted octanol–water partition coefficient (Wildman–Crippen LogP) is 3.45. The zero-order valence-corrected chi connectivity index (χ0v) is 16.7. The van der Waals surface area contributed by atoms with Crippen molar-refractivity contribution in [3.63, 3.8) is 0 Å². The molecule has 7 nitrogen and oxygen atoms in total. The van der Waals surface area contributed by atoms with Crippen molar-refractivity contribution >= 4 is 23.0 Å². The van der Waals surface area contributed by atoms with Gasteiger partial charge in [-0.05, 0) is 31.0 Å². The van der Waals surface area contributed by atoms with E-state index in [1.165, 1.54) is 0 Å². The van der Waals surface area contributed by atoms with E-state index in [0.717, 1.165) is 5.56 Å². The fourth-order valence-corrected chi connectivity index (χ4v) is 3.51. The summed E-state index contributed by atoms with van der Waals surface area (Å²) >= 11 is 0. The van der Waals surface area contributed by atoms with Crippen molar-refractivity contribution in [3.8, 4) is 5.75 Å². The lowest BCUT2D eigenvalue weighted by atomic mass is 9.80. The number of carbonyl (C=O) groups is 2. The van der Waals surface area contributed by atoms with Gasteiger partial charge in [0.1, 0.15) is 11.4 Å².